The van der Waals surface area contributed by atoms with Crippen molar-refractivity contribution in [1.29, 1.82) is 0 Å². The molecule has 4 aromatic rings. The van der Waals surface area contributed by atoms with E-state index >= 15 is 0 Å². The van der Waals surface area contributed by atoms with Gasteiger partial charge >= 0.3 is 0 Å². The molecular formula is C27H24Cl2N2O4. The first-order valence-electron chi connectivity index (χ1n) is 11.0. The van der Waals surface area contributed by atoms with Gasteiger partial charge in [0.1, 0.15) is 18.1 Å². The molecule has 1 aromatic heterocycles. The minimum Gasteiger partial charge on any atom is -0.497 e. The summed E-state index contributed by atoms with van der Waals surface area (Å²) < 4.78 is 12.6. The molecule has 0 atom stereocenters. The lowest BCUT2D eigenvalue weighted by Crippen LogP contribution is -2.29. The fourth-order valence-electron chi connectivity index (χ4n) is 3.91. The molecule has 0 fully saturated rings. The number of hydrogen-bond acceptors (Lipinski definition) is 4. The molecule has 0 saturated heterocycles. The molecule has 8 heteroatoms. The first-order chi connectivity index (χ1) is 16.9. The van der Waals surface area contributed by atoms with Gasteiger partial charge in [-0.25, -0.2) is 0 Å². The van der Waals surface area contributed by atoms with Gasteiger partial charge in [-0.15, -0.1) is 0 Å². The highest BCUT2D eigenvalue weighted by Crippen LogP contribution is 2.31. The first kappa shape index (κ1) is 24.6. The van der Waals surface area contributed by atoms with Crippen LogP contribution in [0.15, 0.2) is 66.7 Å². The summed E-state index contributed by atoms with van der Waals surface area (Å²) in [6, 6.07) is 19.2. The Hall–Kier alpha value is -3.48. The van der Waals surface area contributed by atoms with E-state index in [0.29, 0.717) is 51.5 Å². The third-order valence-electron chi connectivity index (χ3n) is 5.68. The number of nitrogens with zero attached hydrogens (tertiary/aromatic N) is 1. The maximum absolute atomic E-state index is 13.4. The predicted molar refractivity (Wildman–Crippen MR) is 138 cm³/mol. The van der Waals surface area contributed by atoms with Crippen LogP contribution in [0.3, 0.4) is 0 Å². The van der Waals surface area contributed by atoms with Crippen LogP contribution in [-0.2, 0) is 11.2 Å². The lowest BCUT2D eigenvalue weighted by Gasteiger charge is -2.09. The summed E-state index contributed by atoms with van der Waals surface area (Å²) in [7, 11) is 1.58. The van der Waals surface area contributed by atoms with Crippen molar-refractivity contribution in [3.05, 3.63) is 93.6 Å². The molecule has 1 N–H and O–H groups in total. The van der Waals surface area contributed by atoms with Crippen molar-refractivity contribution < 1.29 is 19.1 Å². The molecule has 0 aliphatic rings. The van der Waals surface area contributed by atoms with E-state index in [9.17, 15) is 9.59 Å². The lowest BCUT2D eigenvalue weighted by atomic mass is 10.1. The van der Waals surface area contributed by atoms with Gasteiger partial charge in [0.05, 0.1) is 25.6 Å². The minimum absolute atomic E-state index is 0.108. The highest BCUT2D eigenvalue weighted by Gasteiger charge is 2.22. The normalized spacial score (nSPS) is 10.9. The third kappa shape index (κ3) is 5.61. The van der Waals surface area contributed by atoms with Crippen molar-refractivity contribution in [1.82, 2.24) is 9.88 Å². The third-order valence-corrected chi connectivity index (χ3v) is 6.18. The van der Waals surface area contributed by atoms with Crippen molar-refractivity contribution in [2.45, 2.75) is 13.3 Å². The summed E-state index contributed by atoms with van der Waals surface area (Å²) in [6.45, 7) is 2.50. The van der Waals surface area contributed by atoms with Crippen LogP contribution in [-0.4, -0.2) is 36.6 Å². The van der Waals surface area contributed by atoms with Crippen molar-refractivity contribution in [3.63, 3.8) is 0 Å². The molecule has 0 radical (unpaired) electrons. The maximum atomic E-state index is 13.4. The Morgan fingerprint density at radius 2 is 1.54 bits per heavy atom. The molecule has 1 amide bonds. The second-order valence-corrected chi connectivity index (χ2v) is 8.80. The highest BCUT2D eigenvalue weighted by atomic mass is 35.5. The number of carbonyl (C=O) groups excluding carboxylic acids is 2. The van der Waals surface area contributed by atoms with Crippen LogP contribution in [0.5, 0.6) is 11.5 Å². The van der Waals surface area contributed by atoms with Crippen LogP contribution < -0.4 is 14.8 Å². The number of halogens is 2. The summed E-state index contributed by atoms with van der Waals surface area (Å²) in [4.78, 5) is 26.2. The second-order valence-electron chi connectivity index (χ2n) is 7.92. The molecule has 35 heavy (non-hydrogen) atoms. The van der Waals surface area contributed by atoms with Crippen LogP contribution in [0.25, 0.3) is 10.9 Å². The quantitative estimate of drug-likeness (QED) is 0.309. The van der Waals surface area contributed by atoms with Gasteiger partial charge in [0, 0.05) is 26.7 Å². The Bertz CT molecular complexity index is 1360. The fourth-order valence-corrected chi connectivity index (χ4v) is 4.16. The summed E-state index contributed by atoms with van der Waals surface area (Å²) in [6.07, 6.45) is 0.108. The number of amides is 1. The number of rotatable bonds is 8. The van der Waals surface area contributed by atoms with Crippen LogP contribution >= 0.6 is 23.2 Å². The monoisotopic (exact) mass is 510 g/mol. The Morgan fingerprint density at radius 3 is 2.20 bits per heavy atom. The largest absolute Gasteiger partial charge is 0.497 e. The van der Waals surface area contributed by atoms with Gasteiger partial charge in [0.2, 0.25) is 5.91 Å². The Kier molecular flexibility index (Phi) is 7.63. The zero-order valence-corrected chi connectivity index (χ0v) is 20.8. The smallest absolute Gasteiger partial charge is 0.262 e. The van der Waals surface area contributed by atoms with Crippen molar-refractivity contribution >= 4 is 45.9 Å². The fraction of sp³-hybridized carbons (Fsp3) is 0.185. The van der Waals surface area contributed by atoms with Crippen LogP contribution in [0.4, 0.5) is 0 Å². The van der Waals surface area contributed by atoms with E-state index in [4.69, 9.17) is 32.7 Å². The van der Waals surface area contributed by atoms with E-state index in [1.165, 1.54) is 0 Å². The van der Waals surface area contributed by atoms with E-state index in [0.717, 1.165) is 10.9 Å². The van der Waals surface area contributed by atoms with Gasteiger partial charge in [-0.3, -0.25) is 14.2 Å². The Morgan fingerprint density at radius 1 is 0.914 bits per heavy atom. The number of carbonyl (C=O) groups is 2. The summed E-state index contributed by atoms with van der Waals surface area (Å²) >= 11 is 11.9. The molecule has 0 aliphatic carbocycles. The zero-order valence-electron chi connectivity index (χ0n) is 19.3. The highest BCUT2D eigenvalue weighted by molar-refractivity contribution is 6.31. The SMILES string of the molecule is COc1ccc2c(c1)c(CC(=O)NCCOc1ccc(Cl)cc1)c(C)n2C(=O)c1ccc(Cl)cc1. The molecule has 180 valence electrons. The van der Waals surface area contributed by atoms with Gasteiger partial charge in [-0.05, 0) is 79.2 Å². The molecular weight excluding hydrogens is 487 g/mol. The number of benzene rings is 3. The molecule has 0 saturated carbocycles. The lowest BCUT2D eigenvalue weighted by molar-refractivity contribution is -0.120. The number of ether oxygens (including phenoxy) is 2. The second kappa shape index (κ2) is 10.8. The van der Waals surface area contributed by atoms with Gasteiger partial charge < -0.3 is 14.8 Å². The maximum Gasteiger partial charge on any atom is 0.262 e. The molecule has 6 nitrogen and oxygen atoms in total. The van der Waals surface area contributed by atoms with Gasteiger partial charge in [0.25, 0.3) is 5.91 Å². The summed E-state index contributed by atoms with van der Waals surface area (Å²) in [5, 5.41) is 4.85. The van der Waals surface area contributed by atoms with Crippen LogP contribution in [0.2, 0.25) is 10.0 Å². The van der Waals surface area contributed by atoms with E-state index in [1.54, 1.807) is 66.3 Å². The van der Waals surface area contributed by atoms with E-state index < -0.39 is 0 Å². The first-order valence-corrected chi connectivity index (χ1v) is 11.8. The molecule has 3 aromatic carbocycles. The van der Waals surface area contributed by atoms with E-state index in [1.807, 2.05) is 19.1 Å². The molecule has 0 unspecified atom stereocenters. The summed E-state index contributed by atoms with van der Waals surface area (Å²) in [5.41, 5.74) is 2.66. The van der Waals surface area contributed by atoms with E-state index in [-0.39, 0.29) is 18.2 Å². The zero-order chi connectivity index (χ0) is 24.9. The standard InChI is InChI=1S/C27H24Cl2N2O4/c1-17-23(16-26(32)30-13-14-35-21-9-7-20(29)8-10-21)24-15-22(34-2)11-12-25(24)31(17)27(33)18-3-5-19(28)6-4-18/h3-12,15H,13-14,16H2,1-2H3,(H,30,32). The average Bonchev–Trinajstić information content (AvgIpc) is 3.13. The summed E-state index contributed by atoms with van der Waals surface area (Å²) in [5.74, 6) is 0.952. The Labute approximate surface area is 213 Å². The number of hydrogen-bond donors (Lipinski definition) is 1. The Balaban J connectivity index is 1.53. The van der Waals surface area contributed by atoms with Crippen LogP contribution in [0.1, 0.15) is 21.6 Å². The van der Waals surface area contributed by atoms with Gasteiger partial charge in [0.15, 0.2) is 0 Å². The van der Waals surface area contributed by atoms with Gasteiger partial charge in [-0.1, -0.05) is 23.2 Å². The number of nitrogens with one attached hydrogen (secondary N) is 1. The van der Waals surface area contributed by atoms with E-state index in [2.05, 4.69) is 5.32 Å². The topological polar surface area (TPSA) is 69.6 Å². The average molecular weight is 511 g/mol. The number of methoxy groups -OCH3 is 1. The number of aromatic nitrogens is 1. The van der Waals surface area contributed by atoms with Gasteiger partial charge in [-0.2, -0.15) is 0 Å². The minimum atomic E-state index is -0.197. The molecule has 1 heterocycles. The van der Waals surface area contributed by atoms with Crippen molar-refractivity contribution in [3.8, 4) is 11.5 Å². The molecule has 0 bridgehead atoms. The predicted octanol–water partition coefficient (Wildman–Crippen LogP) is 5.69. The van der Waals surface area contributed by atoms with Crippen LogP contribution in [0, 0.1) is 6.92 Å². The number of fused-ring (bicyclic) bond motifs is 1. The molecule has 0 spiro atoms. The van der Waals surface area contributed by atoms with Crippen molar-refractivity contribution in [2.75, 3.05) is 20.3 Å². The van der Waals surface area contributed by atoms with Crippen molar-refractivity contribution in [2.24, 2.45) is 0 Å². The molecule has 4 rings (SSSR count). The molecule has 0 aliphatic heterocycles.